The van der Waals surface area contributed by atoms with Crippen molar-refractivity contribution >= 4 is 23.3 Å². The molecule has 1 aliphatic rings. The molecule has 1 aliphatic carbocycles. The first kappa shape index (κ1) is 12.8. The third-order valence-corrected chi connectivity index (χ3v) is 3.77. The maximum Gasteiger partial charge on any atom is 0.309 e. The third-order valence-electron chi connectivity index (χ3n) is 3.54. The first-order chi connectivity index (χ1) is 8.44. The normalized spacial score (nSPS) is 16.9. The monoisotopic (exact) mass is 269 g/mol. The Morgan fingerprint density at radius 3 is 2.61 bits per heavy atom. The van der Waals surface area contributed by atoms with Gasteiger partial charge in [0.1, 0.15) is 0 Å². The van der Waals surface area contributed by atoms with Crippen molar-refractivity contribution in [2.24, 2.45) is 5.41 Å². The van der Waals surface area contributed by atoms with E-state index in [9.17, 15) is 20.0 Å². The molecule has 0 unspecified atom stereocenters. The summed E-state index contributed by atoms with van der Waals surface area (Å²) < 4.78 is 0. The summed E-state index contributed by atoms with van der Waals surface area (Å²) in [5, 5.41) is 20.4. The Hall–Kier alpha value is -1.62. The van der Waals surface area contributed by atoms with Gasteiger partial charge in [-0.2, -0.15) is 0 Å². The van der Waals surface area contributed by atoms with Crippen molar-refractivity contribution in [3.63, 3.8) is 0 Å². The van der Waals surface area contributed by atoms with E-state index in [-0.39, 0.29) is 17.1 Å². The second-order valence-corrected chi connectivity index (χ2v) is 5.08. The summed E-state index contributed by atoms with van der Waals surface area (Å²) in [6.45, 7) is 0. The number of aliphatic carboxylic acids is 1. The number of halogens is 1. The lowest BCUT2D eigenvalue weighted by molar-refractivity contribution is -0.385. The average Bonchev–Trinajstić information content (AvgIpc) is 2.24. The number of hydrogen-bond acceptors (Lipinski definition) is 3. The quantitative estimate of drug-likeness (QED) is 0.673. The summed E-state index contributed by atoms with van der Waals surface area (Å²) in [6.07, 6.45) is 2.19. The molecule has 1 N–H and O–H groups in total. The Bertz CT molecular complexity index is 511. The van der Waals surface area contributed by atoms with Crippen LogP contribution in [0.2, 0.25) is 5.02 Å². The predicted molar refractivity (Wildman–Crippen MR) is 65.7 cm³/mol. The van der Waals surface area contributed by atoms with Crippen LogP contribution < -0.4 is 0 Å². The van der Waals surface area contributed by atoms with Crippen LogP contribution >= 0.6 is 11.6 Å². The average molecular weight is 270 g/mol. The summed E-state index contributed by atoms with van der Waals surface area (Å²) in [6, 6.07) is 4.37. The van der Waals surface area contributed by atoms with Gasteiger partial charge < -0.3 is 5.11 Å². The number of carbonyl (C=O) groups is 1. The molecule has 0 saturated heterocycles. The Morgan fingerprint density at radius 2 is 2.17 bits per heavy atom. The van der Waals surface area contributed by atoms with Gasteiger partial charge >= 0.3 is 5.97 Å². The van der Waals surface area contributed by atoms with Crippen molar-refractivity contribution in [1.82, 2.24) is 0 Å². The summed E-state index contributed by atoms with van der Waals surface area (Å²) in [5.41, 5.74) is -0.500. The van der Waals surface area contributed by atoms with Gasteiger partial charge in [0.15, 0.2) is 0 Å². The maximum absolute atomic E-state index is 11.3. The van der Waals surface area contributed by atoms with Gasteiger partial charge in [0.2, 0.25) is 0 Å². The molecule has 0 aliphatic heterocycles. The minimum Gasteiger partial charge on any atom is -0.481 e. The molecule has 1 aromatic carbocycles. The molecule has 6 heteroatoms. The zero-order chi connectivity index (χ0) is 13.3. The van der Waals surface area contributed by atoms with Crippen LogP contribution in [0.3, 0.4) is 0 Å². The molecular weight excluding hydrogens is 258 g/mol. The Morgan fingerprint density at radius 1 is 1.50 bits per heavy atom. The fourth-order valence-corrected chi connectivity index (χ4v) is 2.46. The van der Waals surface area contributed by atoms with Crippen LogP contribution in [0.1, 0.15) is 24.8 Å². The summed E-state index contributed by atoms with van der Waals surface area (Å²) in [5.74, 6) is -0.877. The van der Waals surface area contributed by atoms with Crippen molar-refractivity contribution < 1.29 is 14.8 Å². The number of nitro groups is 1. The van der Waals surface area contributed by atoms with E-state index in [1.165, 1.54) is 6.07 Å². The van der Waals surface area contributed by atoms with Crippen LogP contribution in [0.25, 0.3) is 0 Å². The van der Waals surface area contributed by atoms with E-state index >= 15 is 0 Å². The van der Waals surface area contributed by atoms with Gasteiger partial charge in [-0.25, -0.2) is 0 Å². The highest BCUT2D eigenvalue weighted by molar-refractivity contribution is 6.30. The molecule has 18 heavy (non-hydrogen) atoms. The second-order valence-electron chi connectivity index (χ2n) is 4.65. The molecule has 1 fully saturated rings. The number of carboxylic acids is 1. The summed E-state index contributed by atoms with van der Waals surface area (Å²) >= 11 is 5.72. The standard InChI is InChI=1S/C12H12ClNO4/c13-9-3-2-8(10(6-9)14(17)18)7-12(11(15)16)4-1-5-12/h2-3,6H,1,4-5,7H2,(H,15,16). The van der Waals surface area contributed by atoms with Gasteiger partial charge in [0.25, 0.3) is 5.69 Å². The molecule has 5 nitrogen and oxygen atoms in total. The van der Waals surface area contributed by atoms with Crippen molar-refractivity contribution in [2.75, 3.05) is 0 Å². The van der Waals surface area contributed by atoms with Crippen molar-refractivity contribution in [2.45, 2.75) is 25.7 Å². The Kier molecular flexibility index (Phi) is 3.26. The minimum absolute atomic E-state index is 0.102. The van der Waals surface area contributed by atoms with Crippen molar-refractivity contribution in [3.8, 4) is 0 Å². The summed E-state index contributed by atoms with van der Waals surface area (Å²) in [4.78, 5) is 21.7. The molecule has 96 valence electrons. The maximum atomic E-state index is 11.3. The molecule has 0 aromatic heterocycles. The number of nitrogens with zero attached hydrogens (tertiary/aromatic N) is 1. The van der Waals surface area contributed by atoms with E-state index in [1.807, 2.05) is 0 Å². The topological polar surface area (TPSA) is 80.4 Å². The van der Waals surface area contributed by atoms with Crippen molar-refractivity contribution in [3.05, 3.63) is 38.9 Å². The van der Waals surface area contributed by atoms with E-state index in [1.54, 1.807) is 12.1 Å². The van der Waals surface area contributed by atoms with E-state index in [2.05, 4.69) is 0 Å². The largest absolute Gasteiger partial charge is 0.481 e. The molecule has 0 amide bonds. The predicted octanol–water partition coefficient (Wildman–Crippen LogP) is 3.05. The lowest BCUT2D eigenvalue weighted by atomic mass is 9.65. The number of nitro benzene ring substituents is 1. The molecule has 0 bridgehead atoms. The van der Waals surface area contributed by atoms with Gasteiger partial charge in [-0.3, -0.25) is 14.9 Å². The van der Waals surface area contributed by atoms with Crippen LogP contribution in [0.4, 0.5) is 5.69 Å². The SMILES string of the molecule is O=C(O)C1(Cc2ccc(Cl)cc2[N+](=O)[O-])CCC1. The molecule has 0 heterocycles. The second kappa shape index (κ2) is 4.57. The molecule has 0 radical (unpaired) electrons. The van der Waals surface area contributed by atoms with E-state index in [0.29, 0.717) is 18.4 Å². The summed E-state index contributed by atoms with van der Waals surface area (Å²) in [7, 11) is 0. The van der Waals surface area contributed by atoms with Gasteiger partial charge in [-0.05, 0) is 25.3 Å². The van der Waals surface area contributed by atoms with Crippen LogP contribution in [-0.4, -0.2) is 16.0 Å². The molecule has 0 atom stereocenters. The first-order valence-corrected chi connectivity index (χ1v) is 5.99. The van der Waals surface area contributed by atoms with Crippen molar-refractivity contribution in [1.29, 1.82) is 0 Å². The molecule has 1 saturated carbocycles. The lowest BCUT2D eigenvalue weighted by Crippen LogP contribution is -2.40. The molecular formula is C12H12ClNO4. The zero-order valence-electron chi connectivity index (χ0n) is 9.56. The molecule has 2 rings (SSSR count). The number of carboxylic acid groups (broad SMARTS) is 1. The minimum atomic E-state index is -0.877. The van der Waals surface area contributed by atoms with Gasteiger partial charge in [0, 0.05) is 16.7 Å². The van der Waals surface area contributed by atoms with Crippen LogP contribution in [0.15, 0.2) is 18.2 Å². The van der Waals surface area contributed by atoms with Gasteiger partial charge in [-0.15, -0.1) is 0 Å². The van der Waals surface area contributed by atoms with E-state index in [4.69, 9.17) is 11.6 Å². The Balaban J connectivity index is 2.34. The fourth-order valence-electron chi connectivity index (χ4n) is 2.29. The third kappa shape index (κ3) is 2.18. The van der Waals surface area contributed by atoms with Crippen LogP contribution in [0.5, 0.6) is 0 Å². The highest BCUT2D eigenvalue weighted by Crippen LogP contribution is 2.45. The number of hydrogen-bond donors (Lipinski definition) is 1. The smallest absolute Gasteiger partial charge is 0.309 e. The number of benzene rings is 1. The van der Waals surface area contributed by atoms with Crippen LogP contribution in [-0.2, 0) is 11.2 Å². The lowest BCUT2D eigenvalue weighted by Gasteiger charge is -2.37. The van der Waals surface area contributed by atoms with Gasteiger partial charge in [-0.1, -0.05) is 24.1 Å². The fraction of sp³-hybridized carbons (Fsp3) is 0.417. The highest BCUT2D eigenvalue weighted by Gasteiger charge is 2.45. The van der Waals surface area contributed by atoms with Gasteiger partial charge in [0.05, 0.1) is 10.3 Å². The number of rotatable bonds is 4. The Labute approximate surface area is 109 Å². The molecule has 0 spiro atoms. The van der Waals surface area contributed by atoms with Crippen LogP contribution in [0, 0.1) is 15.5 Å². The molecule has 1 aromatic rings. The first-order valence-electron chi connectivity index (χ1n) is 5.61. The van der Waals surface area contributed by atoms with E-state index in [0.717, 1.165) is 6.42 Å². The highest BCUT2D eigenvalue weighted by atomic mass is 35.5. The van der Waals surface area contributed by atoms with E-state index < -0.39 is 16.3 Å². The zero-order valence-corrected chi connectivity index (χ0v) is 10.3.